The van der Waals surface area contributed by atoms with Gasteiger partial charge in [0.05, 0.1) is 12.6 Å². The third-order valence-electron chi connectivity index (χ3n) is 8.22. The molecule has 0 radical (unpaired) electrons. The van der Waals surface area contributed by atoms with E-state index in [9.17, 15) is 4.79 Å². The van der Waals surface area contributed by atoms with E-state index in [-0.39, 0.29) is 17.7 Å². The molecule has 2 aliphatic heterocycles. The van der Waals surface area contributed by atoms with Crippen molar-refractivity contribution in [3.05, 3.63) is 87.0 Å². The van der Waals surface area contributed by atoms with Crippen LogP contribution < -0.4 is 5.56 Å². The summed E-state index contributed by atoms with van der Waals surface area (Å²) in [5, 5.41) is 14.0. The number of H-pyrrole nitrogens is 1. The zero-order valence-electron chi connectivity index (χ0n) is 22.3. The van der Waals surface area contributed by atoms with E-state index in [1.165, 1.54) is 5.56 Å². The highest BCUT2D eigenvalue weighted by Gasteiger charge is 2.34. The van der Waals surface area contributed by atoms with Crippen molar-refractivity contribution in [2.75, 3.05) is 19.7 Å². The van der Waals surface area contributed by atoms with E-state index in [0.717, 1.165) is 79.7 Å². The Morgan fingerprint density at radius 2 is 1.89 bits per heavy atom. The monoisotopic (exact) mass is 512 g/mol. The normalized spacial score (nSPS) is 19.8. The fourth-order valence-corrected chi connectivity index (χ4v) is 6.27. The number of nitrogens with one attached hydrogen (secondary N) is 1. The first kappa shape index (κ1) is 24.9. The van der Waals surface area contributed by atoms with Crippen LogP contribution in [0.3, 0.4) is 0 Å². The highest BCUT2D eigenvalue weighted by atomic mass is 16.5. The maximum atomic E-state index is 13.6. The number of nitrogens with zero attached hydrogens (tertiary/aromatic N) is 5. The molecule has 2 aromatic carbocycles. The Morgan fingerprint density at radius 1 is 1.08 bits per heavy atom. The molecule has 198 valence electrons. The summed E-state index contributed by atoms with van der Waals surface area (Å²) < 4.78 is 7.76. The van der Waals surface area contributed by atoms with Gasteiger partial charge in [0.15, 0.2) is 5.82 Å². The molecule has 2 unspecified atom stereocenters. The molecule has 2 saturated heterocycles. The van der Waals surface area contributed by atoms with Crippen LogP contribution in [0.4, 0.5) is 0 Å². The highest BCUT2D eigenvalue weighted by molar-refractivity contribution is 5.83. The number of benzene rings is 2. The molecule has 0 saturated carbocycles. The Hall–Kier alpha value is -3.36. The van der Waals surface area contributed by atoms with Gasteiger partial charge in [-0.25, -0.2) is 4.68 Å². The van der Waals surface area contributed by atoms with Crippen molar-refractivity contribution in [3.8, 4) is 0 Å². The topological polar surface area (TPSA) is 88.9 Å². The second-order valence-corrected chi connectivity index (χ2v) is 11.0. The van der Waals surface area contributed by atoms with E-state index in [2.05, 4.69) is 81.7 Å². The minimum Gasteiger partial charge on any atom is -0.376 e. The summed E-state index contributed by atoms with van der Waals surface area (Å²) in [4.78, 5) is 19.2. The Bertz CT molecular complexity index is 1450. The fourth-order valence-electron chi connectivity index (χ4n) is 6.27. The molecule has 8 heteroatoms. The van der Waals surface area contributed by atoms with Crippen molar-refractivity contribution >= 4 is 10.9 Å². The number of aromatic nitrogens is 5. The molecule has 0 amide bonds. The van der Waals surface area contributed by atoms with Crippen LogP contribution in [-0.4, -0.2) is 55.9 Å². The lowest BCUT2D eigenvalue weighted by atomic mass is 9.88. The van der Waals surface area contributed by atoms with Gasteiger partial charge in [0.1, 0.15) is 6.04 Å². The van der Waals surface area contributed by atoms with Gasteiger partial charge in [-0.05, 0) is 104 Å². The zero-order valence-corrected chi connectivity index (χ0v) is 22.3. The van der Waals surface area contributed by atoms with Crippen LogP contribution in [0.25, 0.3) is 10.9 Å². The predicted octanol–water partition coefficient (Wildman–Crippen LogP) is 4.35. The third-order valence-corrected chi connectivity index (χ3v) is 8.22. The largest absolute Gasteiger partial charge is 0.376 e. The van der Waals surface area contributed by atoms with Crippen molar-refractivity contribution in [1.82, 2.24) is 30.1 Å². The summed E-state index contributed by atoms with van der Waals surface area (Å²) in [7, 11) is 0. The van der Waals surface area contributed by atoms with Crippen LogP contribution in [0.5, 0.6) is 0 Å². The Balaban J connectivity index is 1.34. The van der Waals surface area contributed by atoms with E-state index in [1.54, 1.807) is 0 Å². The van der Waals surface area contributed by atoms with Gasteiger partial charge in [-0.15, -0.1) is 5.10 Å². The second kappa shape index (κ2) is 10.8. The Morgan fingerprint density at radius 3 is 2.66 bits per heavy atom. The van der Waals surface area contributed by atoms with Crippen molar-refractivity contribution < 1.29 is 4.74 Å². The number of piperidine rings is 1. The first-order chi connectivity index (χ1) is 18.5. The third kappa shape index (κ3) is 5.15. The molecular formula is C30H36N6O2. The molecule has 6 rings (SSSR count). The predicted molar refractivity (Wildman–Crippen MR) is 147 cm³/mol. The summed E-state index contributed by atoms with van der Waals surface area (Å²) >= 11 is 0. The molecule has 4 heterocycles. The number of hydrogen-bond donors (Lipinski definition) is 1. The summed E-state index contributed by atoms with van der Waals surface area (Å²) in [5.41, 5.74) is 5.17. The number of pyridine rings is 1. The second-order valence-electron chi connectivity index (χ2n) is 11.0. The first-order valence-corrected chi connectivity index (χ1v) is 13.8. The standard InChI is InChI=1S/C30H36N6O2/c1-20-15-21(2)25-18-26(30(37)31-27(25)16-20)28(29-32-33-34-36(29)19-24-9-6-14-38-24)35-12-10-23(11-13-35)17-22-7-4-3-5-8-22/h3-5,7-8,15-16,18,23-24,28H,6,9-14,17,19H2,1-2H3,(H,31,37). The number of likely N-dealkylation sites (tertiary alicyclic amines) is 1. The average molecular weight is 513 g/mol. The van der Waals surface area contributed by atoms with Gasteiger partial charge in [0.2, 0.25) is 0 Å². The van der Waals surface area contributed by atoms with Gasteiger partial charge in [0, 0.05) is 23.1 Å². The molecule has 2 atom stereocenters. The van der Waals surface area contributed by atoms with E-state index < -0.39 is 0 Å². The molecule has 2 aliphatic rings. The molecule has 0 bridgehead atoms. The lowest BCUT2D eigenvalue weighted by molar-refractivity contribution is 0.0892. The van der Waals surface area contributed by atoms with Crippen molar-refractivity contribution in [1.29, 1.82) is 0 Å². The van der Waals surface area contributed by atoms with Gasteiger partial charge in [-0.2, -0.15) is 0 Å². The van der Waals surface area contributed by atoms with Gasteiger partial charge in [0.25, 0.3) is 5.56 Å². The maximum Gasteiger partial charge on any atom is 0.253 e. The average Bonchev–Trinajstić information content (AvgIpc) is 3.59. The summed E-state index contributed by atoms with van der Waals surface area (Å²) in [5.74, 6) is 1.34. The number of aryl methyl sites for hydroxylation is 2. The van der Waals surface area contributed by atoms with Crippen LogP contribution in [0.2, 0.25) is 0 Å². The maximum absolute atomic E-state index is 13.6. The van der Waals surface area contributed by atoms with Crippen LogP contribution in [0.15, 0.2) is 53.3 Å². The molecule has 4 aromatic rings. The Kier molecular flexibility index (Phi) is 7.08. The molecule has 2 aromatic heterocycles. The first-order valence-electron chi connectivity index (χ1n) is 13.8. The van der Waals surface area contributed by atoms with E-state index >= 15 is 0 Å². The van der Waals surface area contributed by atoms with Crippen LogP contribution in [-0.2, 0) is 17.7 Å². The quantitative estimate of drug-likeness (QED) is 0.396. The van der Waals surface area contributed by atoms with Crippen LogP contribution in [0.1, 0.15) is 59.8 Å². The molecule has 1 N–H and O–H groups in total. The zero-order chi connectivity index (χ0) is 26.1. The van der Waals surface area contributed by atoms with Gasteiger partial charge >= 0.3 is 0 Å². The minimum absolute atomic E-state index is 0.0782. The summed E-state index contributed by atoms with van der Waals surface area (Å²) in [6, 6.07) is 16.7. The summed E-state index contributed by atoms with van der Waals surface area (Å²) in [6.07, 6.45) is 5.40. The molecular weight excluding hydrogens is 476 g/mol. The van der Waals surface area contributed by atoms with Gasteiger partial charge in [-0.3, -0.25) is 9.69 Å². The van der Waals surface area contributed by atoms with Gasteiger partial charge in [-0.1, -0.05) is 36.4 Å². The number of fused-ring (bicyclic) bond motifs is 1. The number of rotatable bonds is 7. The fraction of sp³-hybridized carbons (Fsp3) is 0.467. The molecule has 0 aliphatic carbocycles. The number of hydrogen-bond acceptors (Lipinski definition) is 6. The van der Waals surface area contributed by atoms with Crippen LogP contribution in [0, 0.1) is 19.8 Å². The molecule has 0 spiro atoms. The van der Waals surface area contributed by atoms with Crippen molar-refractivity contribution in [3.63, 3.8) is 0 Å². The van der Waals surface area contributed by atoms with Crippen LogP contribution >= 0.6 is 0 Å². The number of aromatic amines is 1. The van der Waals surface area contributed by atoms with Gasteiger partial charge < -0.3 is 9.72 Å². The number of tetrazole rings is 1. The minimum atomic E-state index is -0.321. The molecule has 2 fully saturated rings. The van der Waals surface area contributed by atoms with E-state index in [4.69, 9.17) is 4.74 Å². The number of ether oxygens (including phenoxy) is 1. The van der Waals surface area contributed by atoms with Crippen molar-refractivity contribution in [2.45, 2.75) is 64.6 Å². The lowest BCUT2D eigenvalue weighted by Crippen LogP contribution is -2.41. The van der Waals surface area contributed by atoms with E-state index in [1.807, 2.05) is 10.7 Å². The highest BCUT2D eigenvalue weighted by Crippen LogP contribution is 2.33. The molecule has 8 nitrogen and oxygen atoms in total. The SMILES string of the molecule is Cc1cc(C)c2cc(C(c3nnnn3CC3CCCO3)N3CCC(Cc4ccccc4)CC3)c(=O)[nH]c2c1. The Labute approximate surface area is 223 Å². The molecule has 38 heavy (non-hydrogen) atoms. The lowest BCUT2D eigenvalue weighted by Gasteiger charge is -2.37. The smallest absolute Gasteiger partial charge is 0.253 e. The summed E-state index contributed by atoms with van der Waals surface area (Å²) in [6.45, 7) is 7.32. The van der Waals surface area contributed by atoms with Crippen molar-refractivity contribution in [2.24, 2.45) is 5.92 Å². The van der Waals surface area contributed by atoms with E-state index in [0.29, 0.717) is 18.0 Å².